The molecule has 0 atom stereocenters. The lowest BCUT2D eigenvalue weighted by Gasteiger charge is -2.03. The molecule has 1 saturated heterocycles. The van der Waals surface area contributed by atoms with E-state index in [0.29, 0.717) is 31.4 Å². The lowest BCUT2D eigenvalue weighted by molar-refractivity contribution is -0.115. The van der Waals surface area contributed by atoms with Crippen LogP contribution >= 0.6 is 35.0 Å². The van der Waals surface area contributed by atoms with Gasteiger partial charge in [-0.2, -0.15) is 0 Å². The van der Waals surface area contributed by atoms with Crippen molar-refractivity contribution in [2.45, 2.75) is 0 Å². The maximum atomic E-state index is 12.4. The van der Waals surface area contributed by atoms with Crippen molar-refractivity contribution in [3.05, 3.63) is 74.7 Å². The third kappa shape index (κ3) is 4.18. The highest BCUT2D eigenvalue weighted by Gasteiger charge is 2.24. The van der Waals surface area contributed by atoms with Crippen molar-refractivity contribution in [2.75, 3.05) is 7.05 Å². The largest absolute Gasteiger partial charge is 0.355 e. The fraction of sp³-hybridized carbons (Fsp3) is 0.0476. The highest BCUT2D eigenvalue weighted by molar-refractivity contribution is 8.18. The van der Waals surface area contributed by atoms with Gasteiger partial charge >= 0.3 is 0 Å². The van der Waals surface area contributed by atoms with Crippen LogP contribution in [0.2, 0.25) is 10.0 Å². The minimum atomic E-state index is -0.265. The number of carbonyl (C=O) groups is 2. The van der Waals surface area contributed by atoms with E-state index >= 15 is 0 Å². The number of halogens is 2. The van der Waals surface area contributed by atoms with Crippen LogP contribution in [0.3, 0.4) is 0 Å². The standard InChI is InChI=1S/C21H14Cl2N4O2S/c1-24-19(28)13-9-12-7-11(5-6-16(12)25-10-13)8-17-20(29)27-21(30-17)26-18-14(22)3-2-4-15(18)23/h2-10H,1H3,(H,24,28)(H,26,27,29). The molecule has 6 nitrogen and oxygen atoms in total. The summed E-state index contributed by atoms with van der Waals surface area (Å²) in [4.78, 5) is 33.4. The Labute approximate surface area is 186 Å². The van der Waals surface area contributed by atoms with Gasteiger partial charge in [0.2, 0.25) is 0 Å². The van der Waals surface area contributed by atoms with E-state index < -0.39 is 0 Å². The third-order valence-electron chi connectivity index (χ3n) is 4.29. The predicted molar refractivity (Wildman–Crippen MR) is 122 cm³/mol. The molecule has 2 N–H and O–H groups in total. The van der Waals surface area contributed by atoms with Gasteiger partial charge in [-0.3, -0.25) is 14.6 Å². The number of aromatic nitrogens is 1. The molecule has 1 aromatic heterocycles. The maximum Gasteiger partial charge on any atom is 0.264 e. The number of amidine groups is 1. The summed E-state index contributed by atoms with van der Waals surface area (Å²) in [5, 5.41) is 7.29. The van der Waals surface area contributed by atoms with Crippen molar-refractivity contribution in [3.8, 4) is 0 Å². The summed E-state index contributed by atoms with van der Waals surface area (Å²) >= 11 is 13.5. The number of hydrogen-bond donors (Lipinski definition) is 2. The molecule has 0 spiro atoms. The molecule has 1 aliphatic rings. The van der Waals surface area contributed by atoms with Crippen LogP contribution < -0.4 is 10.6 Å². The fourth-order valence-electron chi connectivity index (χ4n) is 2.84. The Hall–Kier alpha value is -2.87. The van der Waals surface area contributed by atoms with Crippen LogP contribution in [0.15, 0.2) is 58.6 Å². The van der Waals surface area contributed by atoms with Crippen molar-refractivity contribution in [3.63, 3.8) is 0 Å². The van der Waals surface area contributed by atoms with E-state index in [1.165, 1.54) is 18.0 Å². The molecular formula is C21H14Cl2N4O2S. The fourth-order valence-corrected chi connectivity index (χ4v) is 4.15. The Morgan fingerprint density at radius 2 is 1.97 bits per heavy atom. The minimum absolute atomic E-state index is 0.210. The zero-order valence-electron chi connectivity index (χ0n) is 15.6. The van der Waals surface area contributed by atoms with Gasteiger partial charge in [0.1, 0.15) is 5.69 Å². The molecule has 0 bridgehead atoms. The first-order valence-electron chi connectivity index (χ1n) is 8.80. The van der Waals surface area contributed by atoms with E-state index in [9.17, 15) is 9.59 Å². The first kappa shape index (κ1) is 20.4. The molecule has 4 rings (SSSR count). The SMILES string of the molecule is CNC(=O)c1cnc2ccc(C=C3SC(=Nc4c(Cl)cccc4Cl)NC3=O)cc2c1. The third-order valence-corrected chi connectivity index (χ3v) is 5.81. The Kier molecular flexibility index (Phi) is 5.76. The van der Waals surface area contributed by atoms with Gasteiger partial charge in [-0.25, -0.2) is 4.99 Å². The monoisotopic (exact) mass is 456 g/mol. The summed E-state index contributed by atoms with van der Waals surface area (Å²) in [5.74, 6) is -0.475. The van der Waals surface area contributed by atoms with Gasteiger partial charge in [-0.1, -0.05) is 35.3 Å². The number of rotatable bonds is 3. The van der Waals surface area contributed by atoms with Crippen molar-refractivity contribution in [2.24, 2.45) is 4.99 Å². The lowest BCUT2D eigenvalue weighted by atomic mass is 10.1. The second kappa shape index (κ2) is 8.47. The van der Waals surface area contributed by atoms with Crippen molar-refractivity contribution in [1.29, 1.82) is 0 Å². The smallest absolute Gasteiger partial charge is 0.264 e. The van der Waals surface area contributed by atoms with Crippen LogP contribution in [0.25, 0.3) is 17.0 Å². The number of para-hydroxylation sites is 1. The van der Waals surface area contributed by atoms with E-state index in [2.05, 4.69) is 20.6 Å². The molecule has 0 aliphatic carbocycles. The number of thioether (sulfide) groups is 1. The van der Waals surface area contributed by atoms with Gasteiger partial charge in [0.15, 0.2) is 5.17 Å². The van der Waals surface area contributed by atoms with E-state index in [0.717, 1.165) is 16.5 Å². The van der Waals surface area contributed by atoms with Gasteiger partial charge in [0, 0.05) is 18.6 Å². The first-order chi connectivity index (χ1) is 14.4. The number of carbonyl (C=O) groups excluding carboxylic acids is 2. The van der Waals surface area contributed by atoms with Gasteiger partial charge < -0.3 is 10.6 Å². The molecule has 2 aromatic carbocycles. The summed E-state index contributed by atoms with van der Waals surface area (Å²) < 4.78 is 0. The molecule has 0 saturated carbocycles. The van der Waals surface area contributed by atoms with Gasteiger partial charge in [0.25, 0.3) is 11.8 Å². The molecule has 2 heterocycles. The number of nitrogens with one attached hydrogen (secondary N) is 2. The average Bonchev–Trinajstić information content (AvgIpc) is 3.08. The van der Waals surface area contributed by atoms with Crippen molar-refractivity contribution >= 4 is 74.6 Å². The van der Waals surface area contributed by atoms with Crippen LogP contribution in [0.5, 0.6) is 0 Å². The predicted octanol–water partition coefficient (Wildman–Crippen LogP) is 4.79. The van der Waals surface area contributed by atoms with Gasteiger partial charge in [-0.15, -0.1) is 0 Å². The normalized spacial score (nSPS) is 16.3. The van der Waals surface area contributed by atoms with Crippen LogP contribution in [-0.4, -0.2) is 29.0 Å². The highest BCUT2D eigenvalue weighted by Crippen LogP contribution is 2.35. The second-order valence-corrected chi connectivity index (χ2v) is 8.15. The number of hydrogen-bond acceptors (Lipinski definition) is 5. The summed E-state index contributed by atoms with van der Waals surface area (Å²) in [7, 11) is 1.57. The van der Waals surface area contributed by atoms with E-state index in [-0.39, 0.29) is 11.8 Å². The highest BCUT2D eigenvalue weighted by atomic mass is 35.5. The number of nitrogens with zero attached hydrogens (tertiary/aromatic N) is 2. The molecule has 3 aromatic rings. The van der Waals surface area contributed by atoms with Crippen LogP contribution in [0, 0.1) is 0 Å². The topological polar surface area (TPSA) is 83.4 Å². The Morgan fingerprint density at radius 3 is 2.70 bits per heavy atom. The molecule has 1 fully saturated rings. The number of fused-ring (bicyclic) bond motifs is 1. The maximum absolute atomic E-state index is 12.4. The van der Waals surface area contributed by atoms with Crippen molar-refractivity contribution < 1.29 is 9.59 Å². The summed E-state index contributed by atoms with van der Waals surface area (Å²) in [6.07, 6.45) is 3.28. The van der Waals surface area contributed by atoms with Crippen molar-refractivity contribution in [1.82, 2.24) is 15.6 Å². The summed E-state index contributed by atoms with van der Waals surface area (Å²) in [6, 6.07) is 12.4. The minimum Gasteiger partial charge on any atom is -0.355 e. The van der Waals surface area contributed by atoms with E-state index in [1.807, 2.05) is 18.2 Å². The van der Waals surface area contributed by atoms with Gasteiger partial charge in [-0.05, 0) is 53.7 Å². The molecule has 0 unspecified atom stereocenters. The molecule has 150 valence electrons. The summed E-state index contributed by atoms with van der Waals surface area (Å²) in [5.41, 5.74) is 2.43. The van der Waals surface area contributed by atoms with E-state index in [4.69, 9.17) is 23.2 Å². The quantitative estimate of drug-likeness (QED) is 0.554. The number of pyridine rings is 1. The molecule has 2 amide bonds. The first-order valence-corrected chi connectivity index (χ1v) is 10.4. The molecular weight excluding hydrogens is 443 g/mol. The second-order valence-electron chi connectivity index (χ2n) is 6.31. The number of benzene rings is 2. The van der Waals surface area contributed by atoms with Gasteiger partial charge in [0.05, 0.1) is 26.0 Å². The molecule has 9 heteroatoms. The van der Waals surface area contributed by atoms with Crippen LogP contribution in [0.4, 0.5) is 5.69 Å². The number of amides is 2. The average molecular weight is 457 g/mol. The Bertz CT molecular complexity index is 1240. The Morgan fingerprint density at radius 1 is 1.20 bits per heavy atom. The zero-order valence-corrected chi connectivity index (χ0v) is 17.9. The lowest BCUT2D eigenvalue weighted by Crippen LogP contribution is -2.19. The van der Waals surface area contributed by atoms with E-state index in [1.54, 1.807) is 37.4 Å². The Balaban J connectivity index is 1.64. The van der Waals surface area contributed by atoms with Crippen LogP contribution in [-0.2, 0) is 4.79 Å². The summed E-state index contributed by atoms with van der Waals surface area (Å²) in [6.45, 7) is 0. The molecule has 0 radical (unpaired) electrons. The number of aliphatic imine (C=N–C) groups is 1. The van der Waals surface area contributed by atoms with Crippen LogP contribution in [0.1, 0.15) is 15.9 Å². The molecule has 1 aliphatic heterocycles. The molecule has 30 heavy (non-hydrogen) atoms. The zero-order chi connectivity index (χ0) is 21.3.